The molecule has 0 aromatic carbocycles. The molecule has 0 aliphatic heterocycles. The smallest absolute Gasteiger partial charge is 0.185 e. The summed E-state index contributed by atoms with van der Waals surface area (Å²) < 4.78 is 0.622. The SMILES string of the molecule is CC1CCCC(Nc2csc(Cl)n2)C1. The minimum absolute atomic E-state index is 0.594. The Morgan fingerprint density at radius 2 is 2.43 bits per heavy atom. The number of hydrogen-bond acceptors (Lipinski definition) is 3. The van der Waals surface area contributed by atoms with Crippen LogP contribution in [0.25, 0.3) is 0 Å². The molecule has 0 saturated heterocycles. The van der Waals surface area contributed by atoms with Crippen LogP contribution in [-0.4, -0.2) is 11.0 Å². The van der Waals surface area contributed by atoms with Crippen molar-refractivity contribution >= 4 is 28.8 Å². The van der Waals surface area contributed by atoms with E-state index in [9.17, 15) is 0 Å². The Hall–Kier alpha value is -0.280. The number of hydrogen-bond donors (Lipinski definition) is 1. The molecule has 0 radical (unpaired) electrons. The number of nitrogens with zero attached hydrogens (tertiary/aromatic N) is 1. The number of anilines is 1. The zero-order valence-electron chi connectivity index (χ0n) is 8.29. The highest BCUT2D eigenvalue weighted by atomic mass is 35.5. The molecular formula is C10H15ClN2S. The first-order valence-electron chi connectivity index (χ1n) is 5.11. The van der Waals surface area contributed by atoms with Gasteiger partial charge in [0.1, 0.15) is 5.82 Å². The van der Waals surface area contributed by atoms with Crippen LogP contribution in [0.5, 0.6) is 0 Å². The third kappa shape index (κ3) is 2.61. The highest BCUT2D eigenvalue weighted by molar-refractivity contribution is 7.14. The highest BCUT2D eigenvalue weighted by Gasteiger charge is 2.19. The molecule has 1 aromatic rings. The van der Waals surface area contributed by atoms with Crippen molar-refractivity contribution < 1.29 is 0 Å². The Morgan fingerprint density at radius 1 is 1.57 bits per heavy atom. The van der Waals surface area contributed by atoms with Crippen molar-refractivity contribution in [3.05, 3.63) is 9.85 Å². The van der Waals surface area contributed by atoms with Crippen LogP contribution in [-0.2, 0) is 0 Å². The molecule has 1 heterocycles. The lowest BCUT2D eigenvalue weighted by Crippen LogP contribution is -2.26. The van der Waals surface area contributed by atoms with Crippen molar-refractivity contribution in [3.8, 4) is 0 Å². The topological polar surface area (TPSA) is 24.9 Å². The first-order chi connectivity index (χ1) is 6.74. The molecule has 2 unspecified atom stereocenters. The summed E-state index contributed by atoms with van der Waals surface area (Å²) in [5.41, 5.74) is 0. The first kappa shape index (κ1) is 10.2. The average molecular weight is 231 g/mol. The van der Waals surface area contributed by atoms with Crippen LogP contribution < -0.4 is 5.32 Å². The van der Waals surface area contributed by atoms with E-state index in [1.807, 2.05) is 5.38 Å². The monoisotopic (exact) mass is 230 g/mol. The Kier molecular flexibility index (Phi) is 3.29. The van der Waals surface area contributed by atoms with E-state index in [0.29, 0.717) is 10.5 Å². The molecule has 0 spiro atoms. The van der Waals surface area contributed by atoms with E-state index in [-0.39, 0.29) is 0 Å². The summed E-state index contributed by atoms with van der Waals surface area (Å²) in [6, 6.07) is 0.594. The summed E-state index contributed by atoms with van der Waals surface area (Å²) in [5.74, 6) is 1.79. The molecule has 1 fully saturated rings. The van der Waals surface area contributed by atoms with E-state index in [0.717, 1.165) is 11.7 Å². The highest BCUT2D eigenvalue weighted by Crippen LogP contribution is 2.27. The molecule has 1 aliphatic rings. The molecule has 0 bridgehead atoms. The van der Waals surface area contributed by atoms with Gasteiger partial charge in [-0.1, -0.05) is 31.4 Å². The number of rotatable bonds is 2. The minimum Gasteiger partial charge on any atom is -0.367 e. The normalized spacial score (nSPS) is 27.6. The second-order valence-corrected chi connectivity index (χ2v) is 5.54. The van der Waals surface area contributed by atoms with E-state index >= 15 is 0 Å². The van der Waals surface area contributed by atoms with E-state index in [4.69, 9.17) is 11.6 Å². The summed E-state index contributed by atoms with van der Waals surface area (Å²) >= 11 is 7.26. The van der Waals surface area contributed by atoms with Gasteiger partial charge in [-0.05, 0) is 18.8 Å². The zero-order valence-corrected chi connectivity index (χ0v) is 9.87. The van der Waals surface area contributed by atoms with Crippen LogP contribution in [0.15, 0.2) is 5.38 Å². The van der Waals surface area contributed by atoms with Crippen molar-refractivity contribution in [3.63, 3.8) is 0 Å². The van der Waals surface area contributed by atoms with Crippen LogP contribution >= 0.6 is 22.9 Å². The van der Waals surface area contributed by atoms with Crippen molar-refractivity contribution in [2.75, 3.05) is 5.32 Å². The van der Waals surface area contributed by atoms with Gasteiger partial charge in [-0.15, -0.1) is 11.3 Å². The molecule has 1 saturated carbocycles. The maximum Gasteiger partial charge on any atom is 0.185 e. The van der Waals surface area contributed by atoms with Crippen molar-refractivity contribution in [2.24, 2.45) is 5.92 Å². The standard InChI is InChI=1S/C10H15ClN2S/c1-7-3-2-4-8(5-7)12-9-6-14-10(11)13-9/h6-8,12H,2-5H2,1H3. The van der Waals surface area contributed by atoms with Gasteiger partial charge < -0.3 is 5.32 Å². The molecular weight excluding hydrogens is 216 g/mol. The van der Waals surface area contributed by atoms with Gasteiger partial charge in [-0.25, -0.2) is 4.98 Å². The van der Waals surface area contributed by atoms with Gasteiger partial charge in [0.05, 0.1) is 0 Å². The summed E-state index contributed by atoms with van der Waals surface area (Å²) in [6.45, 7) is 2.32. The second-order valence-electron chi connectivity index (χ2n) is 4.10. The molecule has 2 rings (SSSR count). The van der Waals surface area contributed by atoms with E-state index in [2.05, 4.69) is 17.2 Å². The third-order valence-corrected chi connectivity index (χ3v) is 3.74. The van der Waals surface area contributed by atoms with Gasteiger partial charge in [0.25, 0.3) is 0 Å². The number of thiazole rings is 1. The van der Waals surface area contributed by atoms with Gasteiger partial charge >= 0.3 is 0 Å². The lowest BCUT2D eigenvalue weighted by atomic mass is 9.87. The summed E-state index contributed by atoms with van der Waals surface area (Å²) in [7, 11) is 0. The Labute approximate surface area is 93.7 Å². The van der Waals surface area contributed by atoms with Gasteiger partial charge in [0.2, 0.25) is 0 Å². The third-order valence-electron chi connectivity index (χ3n) is 2.76. The molecule has 78 valence electrons. The Balaban J connectivity index is 1.90. The predicted molar refractivity (Wildman–Crippen MR) is 62.2 cm³/mol. The molecule has 1 aromatic heterocycles. The van der Waals surface area contributed by atoms with Crippen LogP contribution in [0.1, 0.15) is 32.6 Å². The lowest BCUT2D eigenvalue weighted by Gasteiger charge is -2.27. The average Bonchev–Trinajstić information content (AvgIpc) is 2.51. The zero-order chi connectivity index (χ0) is 9.97. The maximum atomic E-state index is 5.77. The van der Waals surface area contributed by atoms with Gasteiger partial charge in [-0.3, -0.25) is 0 Å². The van der Waals surface area contributed by atoms with Crippen LogP contribution in [0.3, 0.4) is 0 Å². The quantitative estimate of drug-likeness (QED) is 0.836. The van der Waals surface area contributed by atoms with Gasteiger partial charge in [0.15, 0.2) is 4.47 Å². The van der Waals surface area contributed by atoms with Gasteiger partial charge in [0, 0.05) is 11.4 Å². The first-order valence-corrected chi connectivity index (χ1v) is 6.37. The fourth-order valence-electron chi connectivity index (χ4n) is 2.09. The molecule has 4 heteroatoms. The predicted octanol–water partition coefficient (Wildman–Crippen LogP) is 3.79. The number of nitrogens with one attached hydrogen (secondary N) is 1. The van der Waals surface area contributed by atoms with Crippen molar-refractivity contribution in [1.82, 2.24) is 4.98 Å². The molecule has 14 heavy (non-hydrogen) atoms. The second kappa shape index (κ2) is 4.49. The Morgan fingerprint density at radius 3 is 3.07 bits per heavy atom. The molecule has 1 aliphatic carbocycles. The minimum atomic E-state index is 0.594. The Bertz CT molecular complexity index is 300. The van der Waals surface area contributed by atoms with Crippen LogP contribution in [0, 0.1) is 5.92 Å². The van der Waals surface area contributed by atoms with Crippen LogP contribution in [0.2, 0.25) is 4.47 Å². The maximum absolute atomic E-state index is 5.77. The van der Waals surface area contributed by atoms with E-state index in [1.165, 1.54) is 37.0 Å². The van der Waals surface area contributed by atoms with Crippen molar-refractivity contribution in [1.29, 1.82) is 0 Å². The molecule has 2 atom stereocenters. The number of aromatic nitrogens is 1. The summed E-state index contributed by atoms with van der Waals surface area (Å²) in [6.07, 6.45) is 5.22. The van der Waals surface area contributed by atoms with Gasteiger partial charge in [-0.2, -0.15) is 0 Å². The largest absolute Gasteiger partial charge is 0.367 e. The molecule has 1 N–H and O–H groups in total. The number of halogens is 1. The summed E-state index contributed by atoms with van der Waals surface area (Å²) in [5, 5.41) is 5.43. The fourth-order valence-corrected chi connectivity index (χ4v) is 2.80. The molecule has 0 amide bonds. The van der Waals surface area contributed by atoms with E-state index in [1.54, 1.807) is 0 Å². The fraction of sp³-hybridized carbons (Fsp3) is 0.700. The van der Waals surface area contributed by atoms with Crippen LogP contribution in [0.4, 0.5) is 5.82 Å². The summed E-state index contributed by atoms with van der Waals surface area (Å²) in [4.78, 5) is 4.20. The van der Waals surface area contributed by atoms with E-state index < -0.39 is 0 Å². The van der Waals surface area contributed by atoms with Crippen molar-refractivity contribution in [2.45, 2.75) is 38.6 Å². The molecule has 2 nitrogen and oxygen atoms in total. The lowest BCUT2D eigenvalue weighted by molar-refractivity contribution is 0.358.